The first-order valence-corrected chi connectivity index (χ1v) is 13.2. The summed E-state index contributed by atoms with van der Waals surface area (Å²) in [7, 11) is -5.43. The van der Waals surface area contributed by atoms with Crippen LogP contribution < -0.4 is 19.1 Å². The number of benzene rings is 3. The minimum absolute atomic E-state index is 0.0216. The maximum Gasteiger partial charge on any atom is 0.264 e. The van der Waals surface area contributed by atoms with Crippen LogP contribution in [0, 0.1) is 5.82 Å². The second-order valence-electron chi connectivity index (χ2n) is 7.32. The molecule has 9 nitrogen and oxygen atoms in total. The number of rotatable bonds is 10. The van der Waals surface area contributed by atoms with Gasteiger partial charge in [0, 0.05) is 25.7 Å². The molecule has 0 unspecified atom stereocenters. The molecule has 0 aromatic heterocycles. The molecule has 0 saturated heterocycles. The Hall–Kier alpha value is -3.48. The number of nitrogens with zero attached hydrogens (tertiary/aromatic N) is 1. The molecule has 0 radical (unpaired) electrons. The van der Waals surface area contributed by atoms with Crippen molar-refractivity contribution in [1.82, 2.24) is 4.72 Å². The third-order valence-electron chi connectivity index (χ3n) is 4.97. The molecule has 3 rings (SSSR count). The third kappa shape index (κ3) is 6.35. The van der Waals surface area contributed by atoms with Crippen molar-refractivity contribution in [3.63, 3.8) is 0 Å². The van der Waals surface area contributed by atoms with Gasteiger partial charge >= 0.3 is 0 Å². The van der Waals surface area contributed by atoms with Gasteiger partial charge in [-0.15, -0.1) is 0 Å². The molecule has 0 fully saturated rings. The van der Waals surface area contributed by atoms with E-state index in [-0.39, 0.29) is 34.2 Å². The Bertz CT molecular complexity index is 1400. The van der Waals surface area contributed by atoms with Gasteiger partial charge in [0.15, 0.2) is 0 Å². The summed E-state index contributed by atoms with van der Waals surface area (Å²) in [5, 5.41) is 2.54. The highest BCUT2D eigenvalue weighted by atomic mass is 32.2. The lowest BCUT2D eigenvalue weighted by Gasteiger charge is -2.22. The second-order valence-corrected chi connectivity index (χ2v) is 11.1. The second kappa shape index (κ2) is 10.8. The van der Waals surface area contributed by atoms with Crippen molar-refractivity contribution in [3.05, 3.63) is 78.6 Å². The van der Waals surface area contributed by atoms with E-state index in [4.69, 9.17) is 4.74 Å². The highest BCUT2D eigenvalue weighted by Crippen LogP contribution is 2.33. The van der Waals surface area contributed by atoms with Crippen LogP contribution in [0.2, 0.25) is 0 Å². The summed E-state index contributed by atoms with van der Waals surface area (Å²) in [6, 6.07) is 16.6. The van der Waals surface area contributed by atoms with Gasteiger partial charge in [0.05, 0.1) is 22.6 Å². The molecule has 2 N–H and O–H groups in total. The summed E-state index contributed by atoms with van der Waals surface area (Å²) in [5.41, 5.74) is 0.398. The molecule has 0 saturated carbocycles. The van der Waals surface area contributed by atoms with E-state index in [1.807, 2.05) is 0 Å². The molecule has 0 aliphatic rings. The van der Waals surface area contributed by atoms with Crippen LogP contribution in [0.25, 0.3) is 0 Å². The SMILES string of the molecule is COc1ccc(S(=O)(=O)NCCC(=O)Nc2ccc(F)cc2)cc1N(C)S(=O)(=O)c1ccccc1. The molecular formula is C23H24FN3O6S2. The van der Waals surface area contributed by atoms with Gasteiger partial charge in [-0.25, -0.2) is 25.9 Å². The van der Waals surface area contributed by atoms with Crippen molar-refractivity contribution in [2.45, 2.75) is 16.2 Å². The number of nitrogens with one attached hydrogen (secondary N) is 2. The molecule has 0 bridgehead atoms. The number of carbonyl (C=O) groups excluding carboxylic acids is 1. The summed E-state index contributed by atoms with van der Waals surface area (Å²) in [4.78, 5) is 11.9. The molecule has 3 aromatic rings. The maximum absolute atomic E-state index is 13.0. The van der Waals surface area contributed by atoms with Crippen molar-refractivity contribution >= 4 is 37.3 Å². The molecule has 0 heterocycles. The van der Waals surface area contributed by atoms with E-state index in [2.05, 4.69) is 10.0 Å². The molecule has 0 atom stereocenters. The van der Waals surface area contributed by atoms with Crippen LogP contribution in [0.15, 0.2) is 82.6 Å². The summed E-state index contributed by atoms with van der Waals surface area (Å²) in [6.45, 7) is -0.213. The normalized spacial score (nSPS) is 11.6. The van der Waals surface area contributed by atoms with E-state index in [1.54, 1.807) is 18.2 Å². The van der Waals surface area contributed by atoms with Crippen molar-refractivity contribution in [1.29, 1.82) is 0 Å². The molecule has 0 aliphatic heterocycles. The number of amides is 1. The van der Waals surface area contributed by atoms with Gasteiger partial charge < -0.3 is 10.1 Å². The molecule has 1 amide bonds. The standard InChI is InChI=1S/C23H24FN3O6S2/c1-27(35(31,32)19-6-4-3-5-7-19)21-16-20(12-13-22(21)33-2)34(29,30)25-15-14-23(28)26-18-10-8-17(24)9-11-18/h3-13,16,25H,14-15H2,1-2H3,(H,26,28). The molecule has 0 aliphatic carbocycles. The van der Waals surface area contributed by atoms with Crippen LogP contribution in [0.5, 0.6) is 5.75 Å². The number of hydrogen-bond donors (Lipinski definition) is 2. The largest absolute Gasteiger partial charge is 0.495 e. The van der Waals surface area contributed by atoms with Crippen LogP contribution in [-0.4, -0.2) is 43.4 Å². The van der Waals surface area contributed by atoms with Gasteiger partial charge in [0.2, 0.25) is 15.9 Å². The minimum atomic E-state index is -4.08. The predicted molar refractivity (Wildman–Crippen MR) is 130 cm³/mol. The predicted octanol–water partition coefficient (Wildman–Crippen LogP) is 2.97. The highest BCUT2D eigenvalue weighted by molar-refractivity contribution is 7.92. The first-order chi connectivity index (χ1) is 16.5. The average Bonchev–Trinajstić information content (AvgIpc) is 2.85. The Balaban J connectivity index is 1.74. The number of carbonyl (C=O) groups is 1. The molecule has 0 spiro atoms. The molecule has 35 heavy (non-hydrogen) atoms. The number of anilines is 2. The van der Waals surface area contributed by atoms with Gasteiger partial charge in [0.1, 0.15) is 11.6 Å². The van der Waals surface area contributed by atoms with Crippen LogP contribution in [0.3, 0.4) is 0 Å². The van der Waals surface area contributed by atoms with Gasteiger partial charge in [-0.3, -0.25) is 9.10 Å². The smallest absolute Gasteiger partial charge is 0.264 e. The fraction of sp³-hybridized carbons (Fsp3) is 0.174. The number of sulfonamides is 2. The zero-order chi connectivity index (χ0) is 25.6. The Labute approximate surface area is 203 Å². The molecular weight excluding hydrogens is 497 g/mol. The Morgan fingerprint density at radius 1 is 0.943 bits per heavy atom. The van der Waals surface area contributed by atoms with E-state index in [9.17, 15) is 26.0 Å². The number of methoxy groups -OCH3 is 1. The van der Waals surface area contributed by atoms with Crippen molar-refractivity contribution in [2.24, 2.45) is 0 Å². The van der Waals surface area contributed by atoms with E-state index < -0.39 is 31.8 Å². The molecule has 3 aromatic carbocycles. The maximum atomic E-state index is 13.0. The first kappa shape index (κ1) is 26.1. The summed E-state index contributed by atoms with van der Waals surface area (Å²) < 4.78 is 73.1. The van der Waals surface area contributed by atoms with Gasteiger partial charge in [-0.05, 0) is 54.6 Å². The van der Waals surface area contributed by atoms with Crippen LogP contribution >= 0.6 is 0 Å². The van der Waals surface area contributed by atoms with Crippen molar-refractivity contribution < 1.29 is 30.8 Å². The van der Waals surface area contributed by atoms with Gasteiger partial charge in [-0.2, -0.15) is 0 Å². The van der Waals surface area contributed by atoms with Crippen molar-refractivity contribution in [3.8, 4) is 5.75 Å². The van der Waals surface area contributed by atoms with Crippen LogP contribution in [0.4, 0.5) is 15.8 Å². The fourth-order valence-corrected chi connectivity index (χ4v) is 5.37. The van der Waals surface area contributed by atoms with Gasteiger partial charge in [-0.1, -0.05) is 18.2 Å². The van der Waals surface area contributed by atoms with E-state index in [0.717, 1.165) is 4.31 Å². The summed E-state index contributed by atoms with van der Waals surface area (Å²) in [6.07, 6.45) is -0.179. The summed E-state index contributed by atoms with van der Waals surface area (Å²) in [5.74, 6) is -0.759. The Kier molecular flexibility index (Phi) is 8.10. The van der Waals surface area contributed by atoms with E-state index >= 15 is 0 Å². The fourth-order valence-electron chi connectivity index (χ4n) is 3.10. The van der Waals surface area contributed by atoms with E-state index in [0.29, 0.717) is 5.69 Å². The number of halogens is 1. The topological polar surface area (TPSA) is 122 Å². The lowest BCUT2D eigenvalue weighted by atomic mass is 10.3. The number of hydrogen-bond acceptors (Lipinski definition) is 6. The Morgan fingerprint density at radius 2 is 1.60 bits per heavy atom. The summed E-state index contributed by atoms with van der Waals surface area (Å²) >= 11 is 0. The van der Waals surface area contributed by atoms with Crippen molar-refractivity contribution in [2.75, 3.05) is 30.3 Å². The zero-order valence-corrected chi connectivity index (χ0v) is 20.6. The first-order valence-electron chi connectivity index (χ1n) is 10.3. The monoisotopic (exact) mass is 521 g/mol. The Morgan fingerprint density at radius 3 is 2.23 bits per heavy atom. The minimum Gasteiger partial charge on any atom is -0.495 e. The van der Waals surface area contributed by atoms with E-state index in [1.165, 1.54) is 68.8 Å². The third-order valence-corrected chi connectivity index (χ3v) is 8.22. The zero-order valence-electron chi connectivity index (χ0n) is 18.9. The molecule has 12 heteroatoms. The van der Waals surface area contributed by atoms with Crippen LogP contribution in [0.1, 0.15) is 6.42 Å². The average molecular weight is 522 g/mol. The lowest BCUT2D eigenvalue weighted by molar-refractivity contribution is -0.116. The highest BCUT2D eigenvalue weighted by Gasteiger charge is 2.26. The molecule has 186 valence electrons. The quantitative estimate of drug-likeness (QED) is 0.423. The number of ether oxygens (including phenoxy) is 1. The lowest BCUT2D eigenvalue weighted by Crippen LogP contribution is -2.29. The van der Waals surface area contributed by atoms with Gasteiger partial charge in [0.25, 0.3) is 10.0 Å². The van der Waals surface area contributed by atoms with Crippen LogP contribution in [-0.2, 0) is 24.8 Å².